The minimum absolute atomic E-state index is 0.0119. The maximum absolute atomic E-state index is 12.4. The van der Waals surface area contributed by atoms with Crippen LogP contribution in [-0.4, -0.2) is 45.8 Å². The lowest BCUT2D eigenvalue weighted by Crippen LogP contribution is -2.42. The van der Waals surface area contributed by atoms with Crippen molar-refractivity contribution < 1.29 is 24.3 Å². The number of thioether (sulfide) groups is 1. The van der Waals surface area contributed by atoms with Crippen LogP contribution in [0.15, 0.2) is 24.3 Å². The molecular formula is C15H15ClN2O5S. The second-order valence-electron chi connectivity index (χ2n) is 5.16. The number of aliphatic carboxylic acids is 1. The van der Waals surface area contributed by atoms with Gasteiger partial charge in [0.15, 0.2) is 0 Å². The highest BCUT2D eigenvalue weighted by molar-refractivity contribution is 8.00. The lowest BCUT2D eigenvalue weighted by Gasteiger charge is -2.16. The number of amides is 3. The summed E-state index contributed by atoms with van der Waals surface area (Å²) in [4.78, 5) is 47.7. The fraction of sp³-hybridized carbons (Fsp3) is 0.333. The van der Waals surface area contributed by atoms with Crippen LogP contribution in [0, 0.1) is 0 Å². The molecule has 128 valence electrons. The number of anilines is 1. The Balaban J connectivity index is 2.06. The Morgan fingerprint density at radius 2 is 2.17 bits per heavy atom. The van der Waals surface area contributed by atoms with E-state index in [9.17, 15) is 19.2 Å². The lowest BCUT2D eigenvalue weighted by atomic mass is 10.3. The van der Waals surface area contributed by atoms with Crippen LogP contribution < -0.4 is 10.2 Å². The number of carbonyl (C=O) groups excluding carboxylic acids is 3. The van der Waals surface area contributed by atoms with Crippen molar-refractivity contribution in [2.24, 2.45) is 0 Å². The van der Waals surface area contributed by atoms with Gasteiger partial charge in [-0.05, 0) is 18.2 Å². The van der Waals surface area contributed by atoms with E-state index in [0.717, 1.165) is 16.7 Å². The molecule has 2 unspecified atom stereocenters. The minimum Gasteiger partial charge on any atom is -0.480 e. The van der Waals surface area contributed by atoms with Gasteiger partial charge in [-0.25, -0.2) is 9.69 Å². The van der Waals surface area contributed by atoms with Gasteiger partial charge in [0.05, 0.1) is 10.9 Å². The van der Waals surface area contributed by atoms with Crippen molar-refractivity contribution in [2.75, 3.05) is 10.7 Å². The fourth-order valence-electron chi connectivity index (χ4n) is 2.25. The van der Waals surface area contributed by atoms with Gasteiger partial charge in [-0.3, -0.25) is 14.4 Å². The summed E-state index contributed by atoms with van der Waals surface area (Å²) in [5, 5.41) is 11.1. The van der Waals surface area contributed by atoms with Crippen LogP contribution in [0.5, 0.6) is 0 Å². The number of nitrogens with one attached hydrogen (secondary N) is 1. The highest BCUT2D eigenvalue weighted by Gasteiger charge is 2.40. The Bertz CT molecular complexity index is 696. The molecule has 1 fully saturated rings. The van der Waals surface area contributed by atoms with Crippen molar-refractivity contribution in [3.8, 4) is 0 Å². The maximum Gasteiger partial charge on any atom is 0.327 e. The molecule has 0 bridgehead atoms. The number of nitrogens with zero attached hydrogens (tertiary/aromatic N) is 1. The van der Waals surface area contributed by atoms with E-state index in [-0.39, 0.29) is 18.1 Å². The molecule has 7 nitrogen and oxygen atoms in total. The first kappa shape index (κ1) is 18.3. The zero-order valence-corrected chi connectivity index (χ0v) is 14.3. The Morgan fingerprint density at radius 3 is 2.75 bits per heavy atom. The third-order valence-corrected chi connectivity index (χ3v) is 4.84. The second kappa shape index (κ2) is 7.67. The molecule has 0 radical (unpaired) electrons. The third kappa shape index (κ3) is 4.27. The van der Waals surface area contributed by atoms with Crippen molar-refractivity contribution in [1.29, 1.82) is 0 Å². The molecule has 2 N–H and O–H groups in total. The quantitative estimate of drug-likeness (QED) is 0.731. The molecule has 1 aliphatic heterocycles. The van der Waals surface area contributed by atoms with E-state index in [4.69, 9.17) is 16.7 Å². The monoisotopic (exact) mass is 370 g/mol. The number of rotatable bonds is 6. The molecule has 2 rings (SSSR count). The Labute approximate surface area is 147 Å². The van der Waals surface area contributed by atoms with Gasteiger partial charge in [0.25, 0.3) is 0 Å². The van der Waals surface area contributed by atoms with Crippen molar-refractivity contribution in [3.63, 3.8) is 0 Å². The number of hydrogen-bond donors (Lipinski definition) is 2. The summed E-state index contributed by atoms with van der Waals surface area (Å²) in [6, 6.07) is 5.27. The summed E-state index contributed by atoms with van der Waals surface area (Å²) >= 11 is 6.92. The van der Waals surface area contributed by atoms with Crippen LogP contribution in [0.4, 0.5) is 5.69 Å². The van der Waals surface area contributed by atoms with E-state index in [1.807, 2.05) is 0 Å². The molecular weight excluding hydrogens is 356 g/mol. The highest BCUT2D eigenvalue weighted by atomic mass is 35.5. The van der Waals surface area contributed by atoms with Crippen LogP contribution in [0.1, 0.15) is 13.3 Å². The highest BCUT2D eigenvalue weighted by Crippen LogP contribution is 2.31. The number of carboxylic acids is 1. The van der Waals surface area contributed by atoms with Crippen molar-refractivity contribution >= 4 is 52.7 Å². The molecule has 1 aliphatic rings. The molecule has 0 spiro atoms. The van der Waals surface area contributed by atoms with Gasteiger partial charge in [-0.15, -0.1) is 11.8 Å². The van der Waals surface area contributed by atoms with E-state index < -0.39 is 29.1 Å². The summed E-state index contributed by atoms with van der Waals surface area (Å²) in [5.74, 6) is -2.47. The van der Waals surface area contributed by atoms with Crippen LogP contribution in [0.2, 0.25) is 5.02 Å². The Hall–Kier alpha value is -2.06. The molecule has 2 atom stereocenters. The molecule has 0 saturated carbocycles. The van der Waals surface area contributed by atoms with Gasteiger partial charge in [0.1, 0.15) is 6.04 Å². The summed E-state index contributed by atoms with van der Waals surface area (Å²) < 4.78 is 0. The first-order valence-corrected chi connectivity index (χ1v) is 8.46. The van der Waals surface area contributed by atoms with Crippen molar-refractivity contribution in [3.05, 3.63) is 29.3 Å². The van der Waals surface area contributed by atoms with E-state index in [1.165, 1.54) is 13.0 Å². The van der Waals surface area contributed by atoms with E-state index in [0.29, 0.717) is 10.7 Å². The first-order valence-electron chi connectivity index (χ1n) is 7.03. The first-order chi connectivity index (χ1) is 11.3. The number of benzene rings is 1. The summed E-state index contributed by atoms with van der Waals surface area (Å²) in [6.45, 7) is 1.21. The predicted molar refractivity (Wildman–Crippen MR) is 90.0 cm³/mol. The van der Waals surface area contributed by atoms with Crippen LogP contribution in [-0.2, 0) is 19.2 Å². The molecule has 1 saturated heterocycles. The zero-order valence-electron chi connectivity index (χ0n) is 12.7. The van der Waals surface area contributed by atoms with Crippen molar-refractivity contribution in [2.45, 2.75) is 24.6 Å². The number of imide groups is 1. The van der Waals surface area contributed by atoms with E-state index >= 15 is 0 Å². The average molecular weight is 371 g/mol. The molecule has 0 aromatic heterocycles. The summed E-state index contributed by atoms with van der Waals surface area (Å²) in [7, 11) is 0. The number of halogens is 1. The smallest absolute Gasteiger partial charge is 0.327 e. The topological polar surface area (TPSA) is 104 Å². The minimum atomic E-state index is -1.19. The molecule has 1 heterocycles. The molecule has 1 aromatic rings. The lowest BCUT2D eigenvalue weighted by molar-refractivity contribution is -0.140. The van der Waals surface area contributed by atoms with Gasteiger partial charge in [-0.2, -0.15) is 0 Å². The third-order valence-electron chi connectivity index (χ3n) is 3.31. The summed E-state index contributed by atoms with van der Waals surface area (Å²) in [6.07, 6.45) is -0.0254. The summed E-state index contributed by atoms with van der Waals surface area (Å²) in [5.41, 5.74) is 0.386. The van der Waals surface area contributed by atoms with Gasteiger partial charge in [0, 0.05) is 24.1 Å². The molecule has 9 heteroatoms. The van der Waals surface area contributed by atoms with E-state index in [2.05, 4.69) is 5.32 Å². The molecule has 24 heavy (non-hydrogen) atoms. The molecule has 1 aromatic carbocycles. The van der Waals surface area contributed by atoms with Crippen molar-refractivity contribution in [1.82, 2.24) is 5.32 Å². The van der Waals surface area contributed by atoms with Gasteiger partial charge >= 0.3 is 5.97 Å². The predicted octanol–water partition coefficient (Wildman–Crippen LogP) is 1.29. The van der Waals surface area contributed by atoms with Gasteiger partial charge in [-0.1, -0.05) is 17.7 Å². The Morgan fingerprint density at radius 1 is 1.46 bits per heavy atom. The molecule has 3 amide bonds. The standard InChI is InChI=1S/C15H15ClN2O5S/c1-8(19)17-11(15(22)23)7-24-12-6-13(20)18(14(12)21)10-4-2-3-9(16)5-10/h2-5,11-12H,6-7H2,1H3,(H,17,19)(H,22,23). The van der Waals surface area contributed by atoms with Gasteiger partial charge < -0.3 is 10.4 Å². The normalized spacial score (nSPS) is 18.6. The second-order valence-corrected chi connectivity index (χ2v) is 6.84. The fourth-order valence-corrected chi connectivity index (χ4v) is 3.60. The molecule has 0 aliphatic carbocycles. The van der Waals surface area contributed by atoms with Crippen LogP contribution >= 0.6 is 23.4 Å². The zero-order chi connectivity index (χ0) is 17.9. The van der Waals surface area contributed by atoms with E-state index in [1.54, 1.807) is 18.2 Å². The van der Waals surface area contributed by atoms with Gasteiger partial charge in [0.2, 0.25) is 17.7 Å². The van der Waals surface area contributed by atoms with Crippen LogP contribution in [0.3, 0.4) is 0 Å². The largest absolute Gasteiger partial charge is 0.480 e. The average Bonchev–Trinajstić information content (AvgIpc) is 2.77. The maximum atomic E-state index is 12.4. The number of carbonyl (C=O) groups is 4. The SMILES string of the molecule is CC(=O)NC(CSC1CC(=O)N(c2cccc(Cl)c2)C1=O)C(=O)O. The van der Waals surface area contributed by atoms with Crippen LogP contribution in [0.25, 0.3) is 0 Å². The number of hydrogen-bond acceptors (Lipinski definition) is 5. The Kier molecular flexibility index (Phi) is 5.84. The number of carboxylic acid groups (broad SMARTS) is 1.